The van der Waals surface area contributed by atoms with Crippen LogP contribution in [0.5, 0.6) is 0 Å². The van der Waals surface area contributed by atoms with Crippen LogP contribution in [0.4, 0.5) is 0 Å². The van der Waals surface area contributed by atoms with Gasteiger partial charge in [0, 0.05) is 12.1 Å². The van der Waals surface area contributed by atoms with Crippen LogP contribution in [0.25, 0.3) is 0 Å². The summed E-state index contributed by atoms with van der Waals surface area (Å²) in [5, 5.41) is 8.82. The van der Waals surface area contributed by atoms with Gasteiger partial charge in [-0.2, -0.15) is 0 Å². The Bertz CT molecular complexity index is 106. The normalized spacial score (nSPS) is 39.3. The summed E-state index contributed by atoms with van der Waals surface area (Å²) in [6.07, 6.45) is 3.35. The molecule has 10 heavy (non-hydrogen) atoms. The zero-order chi connectivity index (χ0) is 6.91. The van der Waals surface area contributed by atoms with Crippen LogP contribution in [0.1, 0.15) is 26.2 Å². The van der Waals surface area contributed by atoms with Gasteiger partial charge in [0.05, 0.1) is 0 Å². The van der Waals surface area contributed by atoms with Gasteiger partial charge in [-0.1, -0.05) is 6.42 Å². The molecule has 0 unspecified atom stereocenters. The van der Waals surface area contributed by atoms with Crippen molar-refractivity contribution in [3.8, 4) is 0 Å². The molecule has 1 aliphatic carbocycles. The fourth-order valence-electron chi connectivity index (χ4n) is 1.56. The van der Waals surface area contributed by atoms with E-state index in [9.17, 15) is 0 Å². The van der Waals surface area contributed by atoms with E-state index in [2.05, 4.69) is 0 Å². The van der Waals surface area contributed by atoms with E-state index in [1.54, 1.807) is 0 Å². The first-order valence-electron chi connectivity index (χ1n) is 3.56. The molecule has 3 N–H and O–H groups in total. The highest BCUT2D eigenvalue weighted by molar-refractivity contribution is 5.85. The SMILES string of the molecule is C[C@@]1(N)CCC[C@H]1CO.Cl. The molecule has 0 radical (unpaired) electrons. The zero-order valence-corrected chi connectivity index (χ0v) is 7.16. The quantitative estimate of drug-likeness (QED) is 0.607. The van der Waals surface area contributed by atoms with Crippen molar-refractivity contribution in [2.75, 3.05) is 6.61 Å². The van der Waals surface area contributed by atoms with Gasteiger partial charge in [0.2, 0.25) is 0 Å². The maximum atomic E-state index is 8.82. The highest BCUT2D eigenvalue weighted by Gasteiger charge is 2.34. The summed E-state index contributed by atoms with van der Waals surface area (Å²) < 4.78 is 0. The minimum Gasteiger partial charge on any atom is -0.396 e. The largest absolute Gasteiger partial charge is 0.396 e. The molecule has 2 atom stereocenters. The molecule has 62 valence electrons. The average molecular weight is 166 g/mol. The van der Waals surface area contributed by atoms with E-state index < -0.39 is 0 Å². The van der Waals surface area contributed by atoms with E-state index in [1.165, 1.54) is 6.42 Å². The van der Waals surface area contributed by atoms with Crippen molar-refractivity contribution >= 4 is 12.4 Å². The Labute approximate surface area is 68.2 Å². The molecule has 1 fully saturated rings. The predicted octanol–water partition coefficient (Wildman–Crippen LogP) is 0.918. The monoisotopic (exact) mass is 165 g/mol. The van der Waals surface area contributed by atoms with Crippen molar-refractivity contribution in [3.63, 3.8) is 0 Å². The molecule has 3 heteroatoms. The van der Waals surface area contributed by atoms with E-state index in [4.69, 9.17) is 10.8 Å². The highest BCUT2D eigenvalue weighted by atomic mass is 35.5. The van der Waals surface area contributed by atoms with Crippen LogP contribution in [-0.2, 0) is 0 Å². The van der Waals surface area contributed by atoms with E-state index in [0.29, 0.717) is 5.92 Å². The van der Waals surface area contributed by atoms with Crippen LogP contribution in [-0.4, -0.2) is 17.3 Å². The average Bonchev–Trinajstić information content (AvgIpc) is 2.08. The minimum absolute atomic E-state index is 0. The summed E-state index contributed by atoms with van der Waals surface area (Å²) in [5.74, 6) is 0.345. The van der Waals surface area contributed by atoms with Crippen LogP contribution in [0.15, 0.2) is 0 Å². The molecule has 0 aromatic carbocycles. The van der Waals surface area contributed by atoms with Gasteiger partial charge in [0.15, 0.2) is 0 Å². The lowest BCUT2D eigenvalue weighted by molar-refractivity contribution is 0.183. The topological polar surface area (TPSA) is 46.2 Å². The zero-order valence-electron chi connectivity index (χ0n) is 6.34. The third kappa shape index (κ3) is 1.84. The van der Waals surface area contributed by atoms with Gasteiger partial charge in [-0.15, -0.1) is 12.4 Å². The summed E-state index contributed by atoms with van der Waals surface area (Å²) in [7, 11) is 0. The summed E-state index contributed by atoms with van der Waals surface area (Å²) in [5.41, 5.74) is 5.78. The van der Waals surface area contributed by atoms with Crippen LogP contribution < -0.4 is 5.73 Å². The number of aliphatic hydroxyl groups excluding tert-OH is 1. The molecule has 1 saturated carbocycles. The molecule has 0 heterocycles. The Morgan fingerprint density at radius 2 is 2.30 bits per heavy atom. The number of rotatable bonds is 1. The van der Waals surface area contributed by atoms with Crippen LogP contribution in [0.2, 0.25) is 0 Å². The van der Waals surface area contributed by atoms with Gasteiger partial charge in [0.25, 0.3) is 0 Å². The minimum atomic E-state index is -0.0885. The Kier molecular flexibility index (Phi) is 3.63. The Hall–Kier alpha value is 0.210. The molecule has 0 saturated heterocycles. The molecule has 0 spiro atoms. The summed E-state index contributed by atoms with van der Waals surface area (Å²) >= 11 is 0. The molecule has 0 bridgehead atoms. The maximum absolute atomic E-state index is 8.82. The third-order valence-electron chi connectivity index (χ3n) is 2.42. The lowest BCUT2D eigenvalue weighted by Gasteiger charge is -2.24. The molecule has 0 amide bonds. The summed E-state index contributed by atoms with van der Waals surface area (Å²) in [6, 6.07) is 0. The fraction of sp³-hybridized carbons (Fsp3) is 1.00. The Morgan fingerprint density at radius 3 is 2.50 bits per heavy atom. The number of nitrogens with two attached hydrogens (primary N) is 1. The van der Waals surface area contributed by atoms with Gasteiger partial charge in [-0.05, 0) is 25.7 Å². The third-order valence-corrected chi connectivity index (χ3v) is 2.42. The van der Waals surface area contributed by atoms with E-state index in [0.717, 1.165) is 12.8 Å². The molecule has 0 aliphatic heterocycles. The van der Waals surface area contributed by atoms with Gasteiger partial charge in [0.1, 0.15) is 0 Å². The Balaban J connectivity index is 0.000000810. The van der Waals surface area contributed by atoms with Gasteiger partial charge in [-0.25, -0.2) is 0 Å². The second-order valence-electron chi connectivity index (χ2n) is 3.28. The number of hydrogen-bond donors (Lipinski definition) is 2. The predicted molar refractivity (Wildman–Crippen MR) is 44.3 cm³/mol. The standard InChI is InChI=1S/C7H15NO.ClH/c1-7(8)4-2-3-6(7)5-9;/h6,9H,2-5,8H2,1H3;1H/t6-,7+;/m0./s1. The van der Waals surface area contributed by atoms with E-state index >= 15 is 0 Å². The molecule has 1 aliphatic rings. The second kappa shape index (κ2) is 3.56. The molecular weight excluding hydrogens is 150 g/mol. The molecule has 0 aromatic heterocycles. The van der Waals surface area contributed by atoms with Crippen molar-refractivity contribution in [1.82, 2.24) is 0 Å². The van der Waals surface area contributed by atoms with Crippen molar-refractivity contribution < 1.29 is 5.11 Å². The van der Waals surface area contributed by atoms with Gasteiger partial charge >= 0.3 is 0 Å². The Morgan fingerprint density at radius 1 is 1.70 bits per heavy atom. The van der Waals surface area contributed by atoms with Gasteiger partial charge < -0.3 is 10.8 Å². The number of halogens is 1. The van der Waals surface area contributed by atoms with Crippen molar-refractivity contribution in [1.29, 1.82) is 0 Å². The maximum Gasteiger partial charge on any atom is 0.0476 e. The van der Waals surface area contributed by atoms with Crippen molar-refractivity contribution in [2.24, 2.45) is 11.7 Å². The van der Waals surface area contributed by atoms with Crippen LogP contribution in [0, 0.1) is 5.92 Å². The lowest BCUT2D eigenvalue weighted by atomic mass is 9.91. The first-order chi connectivity index (χ1) is 4.17. The van der Waals surface area contributed by atoms with E-state index in [1.807, 2.05) is 6.92 Å². The first-order valence-corrected chi connectivity index (χ1v) is 3.56. The number of hydrogen-bond acceptors (Lipinski definition) is 2. The van der Waals surface area contributed by atoms with E-state index in [-0.39, 0.29) is 24.6 Å². The smallest absolute Gasteiger partial charge is 0.0476 e. The molecule has 0 aromatic rings. The van der Waals surface area contributed by atoms with Crippen LogP contribution in [0.3, 0.4) is 0 Å². The summed E-state index contributed by atoms with van der Waals surface area (Å²) in [6.45, 7) is 2.29. The highest BCUT2D eigenvalue weighted by Crippen LogP contribution is 2.32. The van der Waals surface area contributed by atoms with Gasteiger partial charge in [-0.3, -0.25) is 0 Å². The molecule has 2 nitrogen and oxygen atoms in total. The molecule has 1 rings (SSSR count). The lowest BCUT2D eigenvalue weighted by Crippen LogP contribution is -2.41. The first kappa shape index (κ1) is 10.2. The number of aliphatic hydroxyl groups is 1. The second-order valence-corrected chi connectivity index (χ2v) is 3.28. The molecular formula is C7H16ClNO. The van der Waals surface area contributed by atoms with Crippen molar-refractivity contribution in [2.45, 2.75) is 31.7 Å². The van der Waals surface area contributed by atoms with Crippen LogP contribution >= 0.6 is 12.4 Å². The summed E-state index contributed by atoms with van der Waals surface area (Å²) in [4.78, 5) is 0. The fourth-order valence-corrected chi connectivity index (χ4v) is 1.56. The van der Waals surface area contributed by atoms with Crippen molar-refractivity contribution in [3.05, 3.63) is 0 Å².